The topological polar surface area (TPSA) is 51.8 Å². The van der Waals surface area contributed by atoms with E-state index in [1.165, 1.54) is 66.2 Å². The van der Waals surface area contributed by atoms with E-state index >= 15 is 0 Å². The minimum absolute atomic E-state index is 0. The van der Waals surface area contributed by atoms with E-state index in [4.69, 9.17) is 4.42 Å². The smallest absolute Gasteiger partial charge is 0.129 e. The van der Waals surface area contributed by atoms with E-state index < -0.39 is 0 Å². The standard InChI is InChI=1S/C27H16NO.C25H19N2.Ir/c1-2-14-28-22(9-1)18-12-13-23-21(15-18)26-19-7-3-5-16-10-11-17-6-4-8-20(27(26)29-23)25(17)24(16)19;1-25(2)22-12-11-17(18-7-6-13-26-16-18)15-21(22)19-8-5-9-20(24(19)25)23-10-3-4-14-27-23;/h1-5,7-9,11,13-15H,6,10H2;3-8,10-16H,1-2H3;/q2*-1;. The van der Waals surface area contributed by atoms with Gasteiger partial charge in [-0.15, -0.1) is 53.1 Å². The molecule has 0 saturated heterocycles. The van der Waals surface area contributed by atoms with Crippen molar-refractivity contribution in [3.63, 3.8) is 0 Å². The van der Waals surface area contributed by atoms with Crippen molar-refractivity contribution in [1.29, 1.82) is 0 Å². The average molecular weight is 910 g/mol. The van der Waals surface area contributed by atoms with Gasteiger partial charge >= 0.3 is 0 Å². The van der Waals surface area contributed by atoms with Crippen molar-refractivity contribution in [3.8, 4) is 44.8 Å². The Bertz CT molecular complexity index is 3090. The normalized spacial score (nSPS) is 14.0. The number of nitrogens with zero attached hydrogens (tertiary/aromatic N) is 3. The molecule has 0 atom stereocenters. The fraction of sp³-hybridized carbons (Fsp3) is 0.0962. The van der Waals surface area contributed by atoms with E-state index in [9.17, 15) is 0 Å². The molecule has 4 heterocycles. The summed E-state index contributed by atoms with van der Waals surface area (Å²) in [5.41, 5.74) is 18.7. The molecular weight excluding hydrogens is 875 g/mol. The van der Waals surface area contributed by atoms with Crippen molar-refractivity contribution in [1.82, 2.24) is 15.0 Å². The van der Waals surface area contributed by atoms with E-state index in [0.717, 1.165) is 57.5 Å². The number of aromatic nitrogens is 3. The Morgan fingerprint density at radius 1 is 0.719 bits per heavy atom. The summed E-state index contributed by atoms with van der Waals surface area (Å²) in [7, 11) is 0. The third-order valence-electron chi connectivity index (χ3n) is 11.8. The minimum atomic E-state index is -0.0945. The maximum Gasteiger partial charge on any atom is 0.129 e. The van der Waals surface area contributed by atoms with E-state index in [2.05, 4.69) is 120 Å². The van der Waals surface area contributed by atoms with Crippen molar-refractivity contribution in [2.45, 2.75) is 32.1 Å². The molecule has 0 saturated carbocycles. The number of allylic oxidation sites excluding steroid dienone is 3. The molecule has 57 heavy (non-hydrogen) atoms. The molecule has 5 heteroatoms. The largest absolute Gasteiger partial charge is 0.500 e. The van der Waals surface area contributed by atoms with Crippen LogP contribution >= 0.6 is 0 Å². The molecule has 3 aliphatic carbocycles. The summed E-state index contributed by atoms with van der Waals surface area (Å²) in [4.78, 5) is 13.4. The van der Waals surface area contributed by atoms with Gasteiger partial charge in [0.05, 0.1) is 5.58 Å². The van der Waals surface area contributed by atoms with Crippen LogP contribution in [0.2, 0.25) is 0 Å². The molecule has 0 fully saturated rings. The second kappa shape index (κ2) is 13.7. The van der Waals surface area contributed by atoms with Gasteiger partial charge in [0.2, 0.25) is 0 Å². The summed E-state index contributed by atoms with van der Waals surface area (Å²) in [5.74, 6) is 0. The Kier molecular flexibility index (Phi) is 8.48. The van der Waals surface area contributed by atoms with E-state index in [1.54, 1.807) is 0 Å². The van der Waals surface area contributed by atoms with E-state index in [1.807, 2.05) is 73.3 Å². The van der Waals surface area contributed by atoms with Crippen LogP contribution in [0.25, 0.3) is 89.1 Å². The summed E-state index contributed by atoms with van der Waals surface area (Å²) in [6, 6.07) is 44.7. The first-order valence-corrected chi connectivity index (χ1v) is 19.2. The zero-order chi connectivity index (χ0) is 37.4. The molecule has 0 N–H and O–H groups in total. The van der Waals surface area contributed by atoms with Crippen LogP contribution in [0.4, 0.5) is 0 Å². The Hall–Kier alpha value is -6.26. The van der Waals surface area contributed by atoms with Gasteiger partial charge in [0.25, 0.3) is 0 Å². The van der Waals surface area contributed by atoms with Gasteiger partial charge in [-0.05, 0) is 98.1 Å². The molecule has 5 aromatic carbocycles. The van der Waals surface area contributed by atoms with Crippen LogP contribution in [0.5, 0.6) is 0 Å². The first-order valence-electron chi connectivity index (χ1n) is 19.2. The molecule has 4 aromatic heterocycles. The Morgan fingerprint density at radius 2 is 1.58 bits per heavy atom. The number of pyridine rings is 3. The molecule has 9 aromatic rings. The summed E-state index contributed by atoms with van der Waals surface area (Å²) < 4.78 is 6.43. The van der Waals surface area contributed by atoms with Crippen LogP contribution in [0.1, 0.15) is 48.1 Å². The average Bonchev–Trinajstić information content (AvgIpc) is 3.76. The number of fused-ring (bicyclic) bond motifs is 8. The van der Waals surface area contributed by atoms with Crippen LogP contribution < -0.4 is 0 Å². The molecule has 0 bridgehead atoms. The zero-order valence-electron chi connectivity index (χ0n) is 31.4. The summed E-state index contributed by atoms with van der Waals surface area (Å²) >= 11 is 0. The molecule has 1 radical (unpaired) electrons. The number of benzene rings is 5. The van der Waals surface area contributed by atoms with Gasteiger partial charge in [0.1, 0.15) is 5.58 Å². The molecule has 0 unspecified atom stereocenters. The molecule has 0 spiro atoms. The molecule has 275 valence electrons. The van der Waals surface area contributed by atoms with Crippen molar-refractivity contribution < 1.29 is 24.5 Å². The van der Waals surface area contributed by atoms with Gasteiger partial charge in [0.15, 0.2) is 0 Å². The number of hydrogen-bond acceptors (Lipinski definition) is 4. The van der Waals surface area contributed by atoms with Crippen LogP contribution in [0.15, 0.2) is 151 Å². The Morgan fingerprint density at radius 3 is 2.39 bits per heavy atom. The molecule has 12 rings (SSSR count). The third-order valence-corrected chi connectivity index (χ3v) is 11.8. The monoisotopic (exact) mass is 910 g/mol. The number of furan rings is 1. The quantitative estimate of drug-likeness (QED) is 0.166. The van der Waals surface area contributed by atoms with Gasteiger partial charge in [0, 0.05) is 61.4 Å². The maximum atomic E-state index is 6.43. The first-order chi connectivity index (χ1) is 27.5. The SMILES string of the molecule is CC1(C)c2ccc(-c3cccnc3)cc2-c2cc[c-]c(-c3ccccn3)c21.[Ir].[c-]1cc2oc3c4c5c6c(cccc6c3c2cc1-c1ccccn1)CC=C5CC=C4. The van der Waals surface area contributed by atoms with E-state index in [0.29, 0.717) is 0 Å². The van der Waals surface area contributed by atoms with Gasteiger partial charge < -0.3 is 14.4 Å². The van der Waals surface area contributed by atoms with Crippen molar-refractivity contribution in [2.75, 3.05) is 0 Å². The number of rotatable bonds is 3. The zero-order valence-corrected chi connectivity index (χ0v) is 33.8. The Labute approximate surface area is 345 Å². The minimum Gasteiger partial charge on any atom is -0.500 e. The second-order valence-corrected chi connectivity index (χ2v) is 15.3. The molecule has 3 aliphatic rings. The van der Waals surface area contributed by atoms with Crippen LogP contribution in [-0.4, -0.2) is 15.0 Å². The van der Waals surface area contributed by atoms with Gasteiger partial charge in [-0.2, -0.15) is 0 Å². The fourth-order valence-corrected chi connectivity index (χ4v) is 9.25. The second-order valence-electron chi connectivity index (χ2n) is 15.3. The van der Waals surface area contributed by atoms with Gasteiger partial charge in [-0.25, -0.2) is 0 Å². The molecular formula is C52H35IrN3O-2. The molecule has 0 aliphatic heterocycles. The van der Waals surface area contributed by atoms with E-state index in [-0.39, 0.29) is 25.5 Å². The predicted octanol–water partition coefficient (Wildman–Crippen LogP) is 12.9. The van der Waals surface area contributed by atoms with Crippen molar-refractivity contribution in [2.24, 2.45) is 0 Å². The third kappa shape index (κ3) is 5.56. The Balaban J connectivity index is 0.000000137. The van der Waals surface area contributed by atoms with Crippen molar-refractivity contribution >= 4 is 44.4 Å². The fourth-order valence-electron chi connectivity index (χ4n) is 9.25. The summed E-state index contributed by atoms with van der Waals surface area (Å²) in [5, 5.41) is 5.02. The van der Waals surface area contributed by atoms with Gasteiger partial charge in [-0.1, -0.05) is 104 Å². The predicted molar refractivity (Wildman–Crippen MR) is 228 cm³/mol. The molecule has 4 nitrogen and oxygen atoms in total. The maximum absolute atomic E-state index is 6.43. The van der Waals surface area contributed by atoms with Crippen LogP contribution in [0.3, 0.4) is 0 Å². The van der Waals surface area contributed by atoms with Crippen LogP contribution in [0, 0.1) is 12.1 Å². The summed E-state index contributed by atoms with van der Waals surface area (Å²) in [6.07, 6.45) is 16.3. The van der Waals surface area contributed by atoms with Crippen molar-refractivity contribution in [3.05, 3.63) is 186 Å². The van der Waals surface area contributed by atoms with Gasteiger partial charge in [-0.3, -0.25) is 4.98 Å². The first kappa shape index (κ1) is 35.2. The molecule has 0 amide bonds. The summed E-state index contributed by atoms with van der Waals surface area (Å²) in [6.45, 7) is 4.59. The number of hydrogen-bond donors (Lipinski definition) is 0. The van der Waals surface area contributed by atoms with Crippen LogP contribution in [-0.2, 0) is 31.9 Å².